The van der Waals surface area contributed by atoms with Crippen molar-refractivity contribution in [3.63, 3.8) is 0 Å². The summed E-state index contributed by atoms with van der Waals surface area (Å²) in [6.07, 6.45) is 1.60. The number of anilines is 1. The molecule has 1 unspecified atom stereocenters. The normalized spacial score (nSPS) is 18.1. The van der Waals surface area contributed by atoms with Crippen LogP contribution in [0.3, 0.4) is 0 Å². The second-order valence-electron chi connectivity index (χ2n) is 5.66. The molecule has 24 heavy (non-hydrogen) atoms. The lowest BCUT2D eigenvalue weighted by molar-refractivity contribution is -0.144. The maximum Gasteiger partial charge on any atom is 0.302 e. The Morgan fingerprint density at radius 3 is 2.71 bits per heavy atom. The minimum Gasteiger partial charge on any atom is -0.464 e. The Kier molecular flexibility index (Phi) is 6.25. The number of amides is 2. The van der Waals surface area contributed by atoms with Crippen molar-refractivity contribution in [2.24, 2.45) is 0 Å². The first-order chi connectivity index (χ1) is 11.5. The number of nitrogens with zero attached hydrogens (tertiary/aromatic N) is 3. The number of piperazine rings is 1. The molecule has 1 saturated heterocycles. The molecule has 1 fully saturated rings. The zero-order valence-corrected chi connectivity index (χ0v) is 13.9. The number of carbonyl (C=O) groups is 3. The summed E-state index contributed by atoms with van der Waals surface area (Å²) in [6.45, 7) is 4.66. The lowest BCUT2D eigenvalue weighted by Gasteiger charge is -2.40. The Balaban J connectivity index is 1.95. The molecule has 1 aliphatic heterocycles. The second-order valence-corrected chi connectivity index (χ2v) is 5.66. The van der Waals surface area contributed by atoms with Crippen LogP contribution in [0, 0.1) is 0 Å². The summed E-state index contributed by atoms with van der Waals surface area (Å²) >= 11 is 0. The summed E-state index contributed by atoms with van der Waals surface area (Å²) in [5, 5.41) is 2.73. The fraction of sp³-hybridized carbons (Fsp3) is 0.500. The van der Waals surface area contributed by atoms with Crippen LogP contribution in [0.2, 0.25) is 0 Å². The maximum absolute atomic E-state index is 12.2. The van der Waals surface area contributed by atoms with Gasteiger partial charge in [0.2, 0.25) is 11.8 Å². The molecule has 0 aliphatic carbocycles. The molecule has 8 heteroatoms. The van der Waals surface area contributed by atoms with Crippen LogP contribution < -0.4 is 5.32 Å². The Labute approximate surface area is 140 Å². The van der Waals surface area contributed by atoms with Crippen molar-refractivity contribution in [1.82, 2.24) is 14.8 Å². The average Bonchev–Trinajstić information content (AvgIpc) is 2.54. The Morgan fingerprint density at radius 2 is 2.08 bits per heavy atom. The Hall–Kier alpha value is -2.48. The summed E-state index contributed by atoms with van der Waals surface area (Å²) in [7, 11) is 0. The monoisotopic (exact) mass is 334 g/mol. The molecule has 2 heterocycles. The quantitative estimate of drug-likeness (QED) is 0.769. The average molecular weight is 334 g/mol. The van der Waals surface area contributed by atoms with E-state index in [0.717, 1.165) is 0 Å². The molecule has 0 radical (unpaired) electrons. The topological polar surface area (TPSA) is 91.8 Å². The van der Waals surface area contributed by atoms with Gasteiger partial charge in [-0.3, -0.25) is 19.3 Å². The van der Waals surface area contributed by atoms with Crippen molar-refractivity contribution >= 4 is 23.6 Å². The number of rotatable bonds is 5. The maximum atomic E-state index is 12.2. The first-order valence-electron chi connectivity index (χ1n) is 7.79. The largest absolute Gasteiger partial charge is 0.464 e. The van der Waals surface area contributed by atoms with Gasteiger partial charge in [-0.05, 0) is 12.1 Å². The summed E-state index contributed by atoms with van der Waals surface area (Å²) in [5.41, 5.74) is 0. The van der Waals surface area contributed by atoms with E-state index < -0.39 is 0 Å². The first-order valence-corrected chi connectivity index (χ1v) is 7.79. The molecule has 2 amide bonds. The number of ether oxygens (including phenoxy) is 1. The molecule has 1 aromatic heterocycles. The van der Waals surface area contributed by atoms with E-state index in [-0.39, 0.29) is 37.0 Å². The third-order valence-corrected chi connectivity index (χ3v) is 3.81. The van der Waals surface area contributed by atoms with Crippen LogP contribution in [0.1, 0.15) is 13.8 Å². The van der Waals surface area contributed by atoms with Gasteiger partial charge in [-0.15, -0.1) is 0 Å². The predicted octanol–water partition coefficient (Wildman–Crippen LogP) is 0.116. The Morgan fingerprint density at radius 1 is 1.29 bits per heavy atom. The number of nitrogens with one attached hydrogen (secondary N) is 1. The van der Waals surface area contributed by atoms with E-state index in [2.05, 4.69) is 10.3 Å². The number of aromatic nitrogens is 1. The third-order valence-electron chi connectivity index (χ3n) is 3.81. The highest BCUT2D eigenvalue weighted by Crippen LogP contribution is 2.11. The molecule has 8 nitrogen and oxygen atoms in total. The predicted molar refractivity (Wildman–Crippen MR) is 87.1 cm³/mol. The fourth-order valence-electron chi connectivity index (χ4n) is 2.56. The van der Waals surface area contributed by atoms with Gasteiger partial charge in [0.1, 0.15) is 12.4 Å². The molecule has 1 aliphatic rings. The van der Waals surface area contributed by atoms with E-state index in [1.54, 1.807) is 29.3 Å². The zero-order chi connectivity index (χ0) is 17.5. The minimum atomic E-state index is -0.382. The lowest BCUT2D eigenvalue weighted by atomic mass is 10.1. The number of hydrogen-bond donors (Lipinski definition) is 1. The van der Waals surface area contributed by atoms with E-state index in [9.17, 15) is 14.4 Å². The smallest absolute Gasteiger partial charge is 0.302 e. The van der Waals surface area contributed by atoms with Gasteiger partial charge in [0.25, 0.3) is 0 Å². The summed E-state index contributed by atoms with van der Waals surface area (Å²) in [5.74, 6) is -0.118. The van der Waals surface area contributed by atoms with E-state index in [0.29, 0.717) is 25.5 Å². The highest BCUT2D eigenvalue weighted by molar-refractivity contribution is 5.91. The highest BCUT2D eigenvalue weighted by atomic mass is 16.5. The van der Waals surface area contributed by atoms with Crippen LogP contribution in [0.15, 0.2) is 24.4 Å². The van der Waals surface area contributed by atoms with Crippen LogP contribution in [0.25, 0.3) is 0 Å². The number of pyridine rings is 1. The van der Waals surface area contributed by atoms with Crippen LogP contribution in [0.5, 0.6) is 0 Å². The summed E-state index contributed by atoms with van der Waals surface area (Å²) in [4.78, 5) is 42.5. The molecule has 1 aromatic rings. The van der Waals surface area contributed by atoms with E-state index in [1.165, 1.54) is 13.8 Å². The van der Waals surface area contributed by atoms with Crippen LogP contribution in [0.4, 0.5) is 5.82 Å². The van der Waals surface area contributed by atoms with E-state index >= 15 is 0 Å². The molecular weight excluding hydrogens is 312 g/mol. The zero-order valence-electron chi connectivity index (χ0n) is 13.9. The van der Waals surface area contributed by atoms with Gasteiger partial charge >= 0.3 is 5.97 Å². The van der Waals surface area contributed by atoms with Gasteiger partial charge in [0, 0.05) is 39.7 Å². The van der Waals surface area contributed by atoms with Crippen molar-refractivity contribution in [2.75, 3.05) is 38.1 Å². The van der Waals surface area contributed by atoms with Crippen molar-refractivity contribution in [1.29, 1.82) is 0 Å². The van der Waals surface area contributed by atoms with E-state index in [4.69, 9.17) is 4.74 Å². The van der Waals surface area contributed by atoms with Crippen molar-refractivity contribution in [3.8, 4) is 0 Å². The summed E-state index contributed by atoms with van der Waals surface area (Å²) in [6, 6.07) is 5.06. The van der Waals surface area contributed by atoms with Gasteiger partial charge < -0.3 is 15.0 Å². The minimum absolute atomic E-state index is 0.0274. The number of esters is 1. The highest BCUT2D eigenvalue weighted by Gasteiger charge is 2.30. The third kappa shape index (κ3) is 5.31. The molecule has 0 aromatic carbocycles. The Bertz CT molecular complexity index is 593. The molecular formula is C16H22N4O4. The SMILES string of the molecule is CC(=O)OCC1CN(C(C)=O)CCN1CC(=O)Nc1ccccn1. The van der Waals surface area contributed by atoms with E-state index in [1.807, 2.05) is 4.90 Å². The standard InChI is InChI=1S/C16H22N4O4/c1-12(21)19-7-8-20(14(9-19)11-24-13(2)22)10-16(23)18-15-5-3-4-6-17-15/h3-6,14H,7-11H2,1-2H3,(H,17,18,23). The van der Waals surface area contributed by atoms with Crippen LogP contribution in [-0.4, -0.2) is 71.4 Å². The van der Waals surface area contributed by atoms with Crippen molar-refractivity contribution in [2.45, 2.75) is 19.9 Å². The lowest BCUT2D eigenvalue weighted by Crippen LogP contribution is -2.57. The molecule has 0 saturated carbocycles. The van der Waals surface area contributed by atoms with Gasteiger partial charge in [0.15, 0.2) is 0 Å². The van der Waals surface area contributed by atoms with Gasteiger partial charge in [-0.25, -0.2) is 4.98 Å². The molecule has 0 bridgehead atoms. The van der Waals surface area contributed by atoms with Gasteiger partial charge in [-0.1, -0.05) is 6.07 Å². The molecule has 1 atom stereocenters. The molecule has 2 rings (SSSR count). The number of carbonyl (C=O) groups excluding carboxylic acids is 3. The molecule has 1 N–H and O–H groups in total. The summed E-state index contributed by atoms with van der Waals surface area (Å²) < 4.78 is 5.08. The second kappa shape index (κ2) is 8.39. The molecule has 0 spiro atoms. The number of hydrogen-bond acceptors (Lipinski definition) is 6. The van der Waals surface area contributed by atoms with Crippen molar-refractivity contribution in [3.05, 3.63) is 24.4 Å². The fourth-order valence-corrected chi connectivity index (χ4v) is 2.56. The van der Waals surface area contributed by atoms with Crippen LogP contribution in [-0.2, 0) is 19.1 Å². The molecule has 130 valence electrons. The van der Waals surface area contributed by atoms with Gasteiger partial charge in [-0.2, -0.15) is 0 Å². The van der Waals surface area contributed by atoms with Crippen LogP contribution >= 0.6 is 0 Å². The first kappa shape index (κ1) is 17.9. The van der Waals surface area contributed by atoms with Gasteiger partial charge in [0.05, 0.1) is 12.6 Å². The van der Waals surface area contributed by atoms with Crippen molar-refractivity contribution < 1.29 is 19.1 Å².